The van der Waals surface area contributed by atoms with Gasteiger partial charge in [0.05, 0.1) is 0 Å². The Labute approximate surface area is 186 Å². The zero-order valence-electron chi connectivity index (χ0n) is 18.0. The fraction of sp³-hybridized carbons (Fsp3) is 0.320. The van der Waals surface area contributed by atoms with E-state index in [1.807, 2.05) is 43.3 Å². The van der Waals surface area contributed by atoms with Crippen molar-refractivity contribution in [3.8, 4) is 5.75 Å². The summed E-state index contributed by atoms with van der Waals surface area (Å²) in [7, 11) is 0. The Bertz CT molecular complexity index is 1140. The molecule has 0 aliphatic carbocycles. The molecule has 0 fully saturated rings. The van der Waals surface area contributed by atoms with Gasteiger partial charge in [-0.1, -0.05) is 36.8 Å². The molecule has 0 spiro atoms. The summed E-state index contributed by atoms with van der Waals surface area (Å²) < 4.78 is 11.1. The summed E-state index contributed by atoms with van der Waals surface area (Å²) in [5.41, 5.74) is 2.55. The number of ether oxygens (including phenoxy) is 1. The minimum Gasteiger partial charge on any atom is -0.550 e. The maximum Gasteiger partial charge on any atom is 0.340 e. The molecule has 0 saturated heterocycles. The third kappa shape index (κ3) is 6.44. The van der Waals surface area contributed by atoms with Crippen LogP contribution in [0.1, 0.15) is 42.4 Å². The highest BCUT2D eigenvalue weighted by Gasteiger charge is 2.13. The van der Waals surface area contributed by atoms with Gasteiger partial charge in [0, 0.05) is 36.0 Å². The molecule has 0 atom stereocenters. The Kier molecular flexibility index (Phi) is 8.02. The lowest BCUT2D eigenvalue weighted by Gasteiger charge is -2.11. The number of carboxylic acids is 1. The van der Waals surface area contributed by atoms with E-state index in [0.717, 1.165) is 16.5 Å². The Hall–Kier alpha value is -3.61. The maximum atomic E-state index is 12.6. The number of hydrogen-bond donors (Lipinski definition) is 1. The third-order valence-electron chi connectivity index (χ3n) is 5.23. The van der Waals surface area contributed by atoms with E-state index >= 15 is 0 Å². The first-order valence-electron chi connectivity index (χ1n) is 10.6. The summed E-state index contributed by atoms with van der Waals surface area (Å²) in [4.78, 5) is 34.8. The number of hydrogen-bond acceptors (Lipinski definition) is 6. The number of fused-ring (bicyclic) bond motifs is 1. The van der Waals surface area contributed by atoms with E-state index in [0.29, 0.717) is 49.1 Å². The monoisotopic (exact) mass is 436 g/mol. The van der Waals surface area contributed by atoms with Crippen molar-refractivity contribution in [3.63, 3.8) is 0 Å². The lowest BCUT2D eigenvalue weighted by molar-refractivity contribution is -0.305. The van der Waals surface area contributed by atoms with Gasteiger partial charge >= 0.3 is 5.63 Å². The molecule has 3 aromatic rings. The second-order valence-electron chi connectivity index (χ2n) is 7.63. The molecule has 1 aromatic heterocycles. The van der Waals surface area contributed by atoms with Crippen LogP contribution in [0.3, 0.4) is 0 Å². The van der Waals surface area contributed by atoms with Crippen LogP contribution in [0.15, 0.2) is 57.7 Å². The molecule has 1 heterocycles. The molecular weight excluding hydrogens is 410 g/mol. The maximum absolute atomic E-state index is 12.6. The van der Waals surface area contributed by atoms with Gasteiger partial charge in [0.25, 0.3) is 5.91 Å². The van der Waals surface area contributed by atoms with Crippen LogP contribution in [0.4, 0.5) is 0 Å². The molecule has 32 heavy (non-hydrogen) atoms. The Morgan fingerprint density at radius 1 is 1.06 bits per heavy atom. The number of rotatable bonds is 11. The average molecular weight is 436 g/mol. The normalized spacial score (nSPS) is 10.8. The van der Waals surface area contributed by atoms with E-state index in [4.69, 9.17) is 9.15 Å². The van der Waals surface area contributed by atoms with Gasteiger partial charge in [-0.25, -0.2) is 4.79 Å². The van der Waals surface area contributed by atoms with E-state index in [1.165, 1.54) is 0 Å². The number of nitrogens with one attached hydrogen (secondary N) is 1. The van der Waals surface area contributed by atoms with E-state index in [1.54, 1.807) is 12.1 Å². The fourth-order valence-corrected chi connectivity index (χ4v) is 3.47. The molecule has 7 nitrogen and oxygen atoms in total. The lowest BCUT2D eigenvalue weighted by atomic mass is 10.00. The molecule has 2 aromatic carbocycles. The lowest BCUT2D eigenvalue weighted by Crippen LogP contribution is -2.29. The summed E-state index contributed by atoms with van der Waals surface area (Å²) in [6, 6.07) is 14.9. The predicted octanol–water partition coefficient (Wildman–Crippen LogP) is 2.50. The highest BCUT2D eigenvalue weighted by atomic mass is 16.5. The molecule has 0 saturated carbocycles. The van der Waals surface area contributed by atoms with Crippen LogP contribution in [-0.4, -0.2) is 25.0 Å². The summed E-state index contributed by atoms with van der Waals surface area (Å²) in [6.45, 7) is 2.18. The van der Waals surface area contributed by atoms with Gasteiger partial charge in [0.2, 0.25) is 0 Å². The number of benzene rings is 2. The van der Waals surface area contributed by atoms with Gasteiger partial charge in [-0.05, 0) is 49.4 Å². The van der Waals surface area contributed by atoms with Crippen LogP contribution in [0.2, 0.25) is 0 Å². The molecule has 0 aliphatic heterocycles. The number of amides is 1. The first kappa shape index (κ1) is 23.1. The Morgan fingerprint density at radius 3 is 2.59 bits per heavy atom. The van der Waals surface area contributed by atoms with Crippen LogP contribution < -0.4 is 20.8 Å². The zero-order chi connectivity index (χ0) is 22.9. The summed E-state index contributed by atoms with van der Waals surface area (Å²) in [5, 5.41) is 13.9. The van der Waals surface area contributed by atoms with Crippen molar-refractivity contribution in [2.75, 3.05) is 13.2 Å². The van der Waals surface area contributed by atoms with Crippen molar-refractivity contribution in [3.05, 3.63) is 75.6 Å². The SMILES string of the molecule is Cc1c(Cc2ccccc2)c(=O)oc2cc(OCC(=O)NCCCCCC(=O)[O-])ccc12. The Morgan fingerprint density at radius 2 is 1.84 bits per heavy atom. The van der Waals surface area contributed by atoms with E-state index in [-0.39, 0.29) is 24.6 Å². The molecule has 0 radical (unpaired) electrons. The molecule has 1 N–H and O–H groups in total. The summed E-state index contributed by atoms with van der Waals surface area (Å²) in [6.07, 6.45) is 2.44. The predicted molar refractivity (Wildman–Crippen MR) is 118 cm³/mol. The van der Waals surface area contributed by atoms with Gasteiger partial charge in [-0.15, -0.1) is 0 Å². The molecule has 7 heteroatoms. The zero-order valence-corrected chi connectivity index (χ0v) is 18.0. The van der Waals surface area contributed by atoms with Crippen molar-refractivity contribution in [2.24, 2.45) is 0 Å². The van der Waals surface area contributed by atoms with E-state index in [9.17, 15) is 19.5 Å². The quantitative estimate of drug-likeness (QED) is 0.365. The molecule has 0 aliphatic rings. The second kappa shape index (κ2) is 11.1. The van der Waals surface area contributed by atoms with Crippen molar-refractivity contribution < 1.29 is 23.8 Å². The van der Waals surface area contributed by atoms with Crippen molar-refractivity contribution in [2.45, 2.75) is 39.0 Å². The fourth-order valence-electron chi connectivity index (χ4n) is 3.47. The summed E-state index contributed by atoms with van der Waals surface area (Å²) >= 11 is 0. The highest BCUT2D eigenvalue weighted by molar-refractivity contribution is 5.83. The second-order valence-corrected chi connectivity index (χ2v) is 7.63. The van der Waals surface area contributed by atoms with Crippen molar-refractivity contribution >= 4 is 22.8 Å². The highest BCUT2D eigenvalue weighted by Crippen LogP contribution is 2.25. The van der Waals surface area contributed by atoms with Crippen molar-refractivity contribution in [1.29, 1.82) is 0 Å². The van der Waals surface area contributed by atoms with E-state index < -0.39 is 5.97 Å². The number of carboxylic acid groups (broad SMARTS) is 1. The number of aryl methyl sites for hydroxylation is 1. The molecule has 0 unspecified atom stereocenters. The smallest absolute Gasteiger partial charge is 0.340 e. The number of unbranched alkanes of at least 4 members (excludes halogenated alkanes) is 2. The van der Waals surface area contributed by atoms with Crippen LogP contribution in [-0.2, 0) is 16.0 Å². The van der Waals surface area contributed by atoms with Gasteiger partial charge in [-0.3, -0.25) is 4.79 Å². The minimum atomic E-state index is -1.06. The van der Waals surface area contributed by atoms with Crippen LogP contribution in [0.5, 0.6) is 5.75 Å². The van der Waals surface area contributed by atoms with Crippen LogP contribution in [0, 0.1) is 6.92 Å². The van der Waals surface area contributed by atoms with Crippen LogP contribution >= 0.6 is 0 Å². The van der Waals surface area contributed by atoms with Gasteiger partial charge in [0.15, 0.2) is 6.61 Å². The number of carbonyl (C=O) groups excluding carboxylic acids is 2. The van der Waals surface area contributed by atoms with Crippen LogP contribution in [0.25, 0.3) is 11.0 Å². The molecule has 1 amide bonds. The number of carbonyl (C=O) groups is 2. The van der Waals surface area contributed by atoms with Gasteiger partial charge in [-0.2, -0.15) is 0 Å². The van der Waals surface area contributed by atoms with Gasteiger partial charge in [0.1, 0.15) is 11.3 Å². The minimum absolute atomic E-state index is 0.0301. The Balaban J connectivity index is 1.57. The van der Waals surface area contributed by atoms with Crippen molar-refractivity contribution in [1.82, 2.24) is 5.32 Å². The molecule has 168 valence electrons. The molecular formula is C25H26NO6-. The topological polar surface area (TPSA) is 109 Å². The van der Waals surface area contributed by atoms with E-state index in [2.05, 4.69) is 5.32 Å². The molecule has 0 bridgehead atoms. The third-order valence-corrected chi connectivity index (χ3v) is 5.23. The molecule has 3 rings (SSSR count). The average Bonchev–Trinajstić information content (AvgIpc) is 2.78. The standard InChI is InChI=1S/C25H27NO6/c1-17-20-12-11-19(31-16-23(27)26-13-7-3-6-10-24(28)29)15-22(20)32-25(30)21(17)14-18-8-4-2-5-9-18/h2,4-5,8-9,11-12,15H,3,6-7,10,13-14,16H2,1H3,(H,26,27)(H,28,29)/p-1. The first-order chi connectivity index (χ1) is 15.4. The summed E-state index contributed by atoms with van der Waals surface area (Å²) in [5.74, 6) is -0.905. The first-order valence-corrected chi connectivity index (χ1v) is 10.6. The number of aliphatic carboxylic acids is 1. The largest absolute Gasteiger partial charge is 0.550 e. The van der Waals surface area contributed by atoms with Gasteiger partial charge < -0.3 is 24.4 Å².